The normalized spacial score (nSPS) is 24.2. The van der Waals surface area contributed by atoms with Crippen LogP contribution in [0.2, 0.25) is 0 Å². The van der Waals surface area contributed by atoms with Crippen molar-refractivity contribution in [3.05, 3.63) is 10.6 Å². The molecule has 1 N–H and O–H groups in total. The zero-order valence-corrected chi connectivity index (χ0v) is 14.2. The topological polar surface area (TPSA) is 39.6 Å². The number of nitrogens with zero attached hydrogens (tertiary/aromatic N) is 3. The molecular formula is C16H27N3OS. The molecule has 0 aliphatic carbocycles. The van der Waals surface area contributed by atoms with Gasteiger partial charge in [-0.2, -0.15) is 0 Å². The lowest BCUT2D eigenvalue weighted by Crippen LogP contribution is -2.35. The molecule has 0 bridgehead atoms. The maximum atomic E-state index is 9.61. The maximum Gasteiger partial charge on any atom is 0.185 e. The van der Waals surface area contributed by atoms with Crippen LogP contribution in [0.4, 0.5) is 5.13 Å². The third-order valence-electron chi connectivity index (χ3n) is 4.63. The van der Waals surface area contributed by atoms with Gasteiger partial charge in [-0.15, -0.1) is 0 Å². The highest BCUT2D eigenvalue weighted by Gasteiger charge is 2.32. The van der Waals surface area contributed by atoms with Gasteiger partial charge in [0.15, 0.2) is 5.13 Å². The molecule has 2 aliphatic rings. The molecule has 1 unspecified atom stereocenters. The number of aliphatic hydroxyl groups is 1. The molecule has 3 rings (SSSR count). The van der Waals surface area contributed by atoms with Crippen molar-refractivity contribution in [2.75, 3.05) is 31.1 Å². The number of aliphatic hydroxyl groups excluding tert-OH is 1. The summed E-state index contributed by atoms with van der Waals surface area (Å²) in [5.41, 5.74) is 1.07. The second-order valence-corrected chi connectivity index (χ2v) is 8.37. The molecule has 0 radical (unpaired) electrons. The third kappa shape index (κ3) is 3.10. The Bertz CT molecular complexity index is 488. The first-order chi connectivity index (χ1) is 9.99. The van der Waals surface area contributed by atoms with Crippen LogP contribution in [-0.2, 0) is 12.0 Å². The van der Waals surface area contributed by atoms with Crippen molar-refractivity contribution in [3.8, 4) is 0 Å². The predicted molar refractivity (Wildman–Crippen MR) is 88.2 cm³/mol. The van der Waals surface area contributed by atoms with E-state index in [1.807, 2.05) is 0 Å². The van der Waals surface area contributed by atoms with Gasteiger partial charge < -0.3 is 10.0 Å². The van der Waals surface area contributed by atoms with Crippen LogP contribution in [0.15, 0.2) is 0 Å². The van der Waals surface area contributed by atoms with Crippen LogP contribution in [0.3, 0.4) is 0 Å². The van der Waals surface area contributed by atoms with Gasteiger partial charge in [-0.1, -0.05) is 32.1 Å². The largest absolute Gasteiger partial charge is 0.391 e. The molecule has 118 valence electrons. The van der Waals surface area contributed by atoms with E-state index in [1.54, 1.807) is 11.3 Å². The van der Waals surface area contributed by atoms with Gasteiger partial charge in [0.05, 0.1) is 17.2 Å². The zero-order chi connectivity index (χ0) is 15.0. The summed E-state index contributed by atoms with van der Waals surface area (Å²) in [6.07, 6.45) is 3.96. The molecule has 0 saturated carbocycles. The van der Waals surface area contributed by atoms with E-state index in [2.05, 4.69) is 30.6 Å². The van der Waals surface area contributed by atoms with Gasteiger partial charge in [0.25, 0.3) is 0 Å². The van der Waals surface area contributed by atoms with Crippen molar-refractivity contribution < 1.29 is 5.11 Å². The van der Waals surface area contributed by atoms with Gasteiger partial charge in [-0.25, -0.2) is 4.98 Å². The number of rotatable bonds is 3. The summed E-state index contributed by atoms with van der Waals surface area (Å²) in [6, 6.07) is 0.701. The van der Waals surface area contributed by atoms with E-state index < -0.39 is 0 Å². The highest BCUT2D eigenvalue weighted by molar-refractivity contribution is 7.15. The van der Waals surface area contributed by atoms with Crippen LogP contribution >= 0.6 is 11.3 Å². The molecule has 3 heterocycles. The average Bonchev–Trinajstić information content (AvgIpc) is 3.16. The first-order valence-corrected chi connectivity index (χ1v) is 8.90. The van der Waals surface area contributed by atoms with Crippen molar-refractivity contribution in [1.29, 1.82) is 0 Å². The first kappa shape index (κ1) is 15.3. The van der Waals surface area contributed by atoms with Crippen LogP contribution < -0.4 is 4.90 Å². The molecule has 5 heteroatoms. The summed E-state index contributed by atoms with van der Waals surface area (Å²) in [4.78, 5) is 11.0. The molecule has 0 amide bonds. The summed E-state index contributed by atoms with van der Waals surface area (Å²) in [7, 11) is 0. The third-order valence-corrected chi connectivity index (χ3v) is 5.73. The highest BCUT2D eigenvalue weighted by atomic mass is 32.1. The molecule has 0 aromatic carbocycles. The molecule has 2 saturated heterocycles. The van der Waals surface area contributed by atoms with E-state index in [-0.39, 0.29) is 12.0 Å². The summed E-state index contributed by atoms with van der Waals surface area (Å²) in [5, 5.41) is 10.7. The van der Waals surface area contributed by atoms with Crippen LogP contribution in [0.5, 0.6) is 0 Å². The Kier molecular flexibility index (Phi) is 4.26. The number of anilines is 1. The Morgan fingerprint density at radius 2 is 1.95 bits per heavy atom. The number of aromatic nitrogens is 1. The van der Waals surface area contributed by atoms with Crippen LogP contribution in [0, 0.1) is 0 Å². The number of hydrogen-bond acceptors (Lipinski definition) is 5. The van der Waals surface area contributed by atoms with Gasteiger partial charge in [0, 0.05) is 24.5 Å². The van der Waals surface area contributed by atoms with Crippen LogP contribution in [0.1, 0.15) is 50.6 Å². The SMILES string of the molecule is CC(C)(C)c1nc(N2CCC(N3CCCC3)C2)sc1CO. The Hall–Kier alpha value is -0.650. The van der Waals surface area contributed by atoms with Crippen LogP contribution in [-0.4, -0.2) is 47.2 Å². The molecule has 4 nitrogen and oxygen atoms in total. The number of likely N-dealkylation sites (tertiary alicyclic amines) is 1. The zero-order valence-electron chi connectivity index (χ0n) is 13.4. The van der Waals surface area contributed by atoms with Crippen molar-refractivity contribution in [1.82, 2.24) is 9.88 Å². The van der Waals surface area contributed by atoms with Gasteiger partial charge in [0.1, 0.15) is 0 Å². The Labute approximate surface area is 131 Å². The maximum absolute atomic E-state index is 9.61. The molecule has 2 aliphatic heterocycles. The van der Waals surface area contributed by atoms with Crippen molar-refractivity contribution in [2.45, 2.75) is 58.1 Å². The average molecular weight is 309 g/mol. The van der Waals surface area contributed by atoms with Crippen molar-refractivity contribution >= 4 is 16.5 Å². The lowest BCUT2D eigenvalue weighted by Gasteiger charge is -2.23. The predicted octanol–water partition coefficient (Wildman–Crippen LogP) is 2.61. The lowest BCUT2D eigenvalue weighted by atomic mass is 9.91. The van der Waals surface area contributed by atoms with E-state index in [1.165, 1.54) is 32.4 Å². The minimum atomic E-state index is 0.000884. The molecular weight excluding hydrogens is 282 g/mol. The van der Waals surface area contributed by atoms with Gasteiger partial charge in [0.2, 0.25) is 0 Å². The van der Waals surface area contributed by atoms with Crippen molar-refractivity contribution in [2.24, 2.45) is 0 Å². The minimum absolute atomic E-state index is 0.000884. The molecule has 1 aromatic heterocycles. The van der Waals surface area contributed by atoms with Gasteiger partial charge >= 0.3 is 0 Å². The molecule has 21 heavy (non-hydrogen) atoms. The second kappa shape index (κ2) is 5.86. The summed E-state index contributed by atoms with van der Waals surface area (Å²) in [5.74, 6) is 0. The molecule has 1 aromatic rings. The smallest absolute Gasteiger partial charge is 0.185 e. The van der Waals surface area contributed by atoms with E-state index in [0.29, 0.717) is 6.04 Å². The summed E-state index contributed by atoms with van der Waals surface area (Å²) < 4.78 is 0. The summed E-state index contributed by atoms with van der Waals surface area (Å²) >= 11 is 1.67. The molecule has 1 atom stereocenters. The van der Waals surface area contributed by atoms with Gasteiger partial charge in [-0.05, 0) is 32.4 Å². The Balaban J connectivity index is 1.74. The molecule has 2 fully saturated rings. The quantitative estimate of drug-likeness (QED) is 0.931. The Morgan fingerprint density at radius 1 is 1.24 bits per heavy atom. The fraction of sp³-hybridized carbons (Fsp3) is 0.812. The van der Waals surface area contributed by atoms with Crippen LogP contribution in [0.25, 0.3) is 0 Å². The van der Waals surface area contributed by atoms with E-state index in [4.69, 9.17) is 4.98 Å². The molecule has 0 spiro atoms. The fourth-order valence-corrected chi connectivity index (χ4v) is 4.65. The lowest BCUT2D eigenvalue weighted by molar-refractivity contribution is 0.260. The standard InChI is InChI=1S/C16H27N3OS/c1-16(2,3)14-13(11-20)21-15(17-14)19-9-6-12(10-19)18-7-4-5-8-18/h12,20H,4-11H2,1-3H3. The second-order valence-electron chi connectivity index (χ2n) is 7.31. The van der Waals surface area contributed by atoms with E-state index in [9.17, 15) is 5.11 Å². The van der Waals surface area contributed by atoms with Gasteiger partial charge in [-0.3, -0.25) is 4.90 Å². The summed E-state index contributed by atoms with van der Waals surface area (Å²) in [6.45, 7) is 11.3. The Morgan fingerprint density at radius 3 is 2.52 bits per heavy atom. The number of thiazole rings is 1. The monoisotopic (exact) mass is 309 g/mol. The first-order valence-electron chi connectivity index (χ1n) is 8.09. The van der Waals surface area contributed by atoms with E-state index >= 15 is 0 Å². The fourth-order valence-electron chi connectivity index (χ4n) is 3.49. The number of hydrogen-bond donors (Lipinski definition) is 1. The highest BCUT2D eigenvalue weighted by Crippen LogP contribution is 2.35. The van der Waals surface area contributed by atoms with Crippen molar-refractivity contribution in [3.63, 3.8) is 0 Å². The minimum Gasteiger partial charge on any atom is -0.391 e. The van der Waals surface area contributed by atoms with E-state index in [0.717, 1.165) is 28.8 Å².